The lowest BCUT2D eigenvalue weighted by Crippen LogP contribution is -2.39. The highest BCUT2D eigenvalue weighted by molar-refractivity contribution is 5.97. The van der Waals surface area contributed by atoms with Gasteiger partial charge in [0.2, 0.25) is 11.7 Å². The Bertz CT molecular complexity index is 1420. The minimum atomic E-state index is -4.57. The van der Waals surface area contributed by atoms with Crippen molar-refractivity contribution in [1.29, 1.82) is 0 Å². The molecular weight excluding hydrogens is 461 g/mol. The average Bonchev–Trinajstić information content (AvgIpc) is 3.40. The van der Waals surface area contributed by atoms with Crippen LogP contribution < -0.4 is 5.32 Å². The maximum atomic E-state index is 12.9. The molecule has 0 unspecified atom stereocenters. The van der Waals surface area contributed by atoms with E-state index in [4.69, 9.17) is 0 Å². The first-order valence-electron chi connectivity index (χ1n) is 11.3. The number of likely N-dealkylation sites (tertiary alicyclic amines) is 1. The largest absolute Gasteiger partial charge is 0.449 e. The van der Waals surface area contributed by atoms with Crippen LogP contribution in [-0.2, 0) is 11.0 Å². The molecule has 0 bridgehead atoms. The summed E-state index contributed by atoms with van der Waals surface area (Å²) in [6.45, 7) is 2.97. The van der Waals surface area contributed by atoms with Crippen LogP contribution in [0.2, 0.25) is 0 Å². The number of nitrogens with zero attached hydrogens (tertiary/aromatic N) is 3. The van der Waals surface area contributed by atoms with E-state index in [0.717, 1.165) is 16.9 Å². The number of anilines is 1. The van der Waals surface area contributed by atoms with Gasteiger partial charge in [0.15, 0.2) is 0 Å². The zero-order chi connectivity index (χ0) is 24.7. The molecule has 1 saturated heterocycles. The van der Waals surface area contributed by atoms with Crippen LogP contribution >= 0.6 is 0 Å². The minimum absolute atomic E-state index is 0.0480. The maximum absolute atomic E-state index is 12.9. The lowest BCUT2D eigenvalue weighted by Gasteiger charge is -2.31. The Kier molecular flexibility index (Phi) is 5.70. The monoisotopic (exact) mass is 484 g/mol. The SMILES string of the molecule is Cc1nc2ccc(C(=O)N3CCC(CC(=O)Nc4ccc5nc(C(F)(F)F)[nH]c5c4)CC3)cc2[nH]1. The smallest absolute Gasteiger partial charge is 0.342 e. The van der Waals surface area contributed by atoms with Crippen molar-refractivity contribution in [2.45, 2.75) is 32.4 Å². The van der Waals surface area contributed by atoms with E-state index in [2.05, 4.69) is 25.3 Å². The molecule has 3 heterocycles. The minimum Gasteiger partial charge on any atom is -0.342 e. The first kappa shape index (κ1) is 22.9. The zero-order valence-corrected chi connectivity index (χ0v) is 18.9. The molecule has 1 aliphatic rings. The summed E-state index contributed by atoms with van der Waals surface area (Å²) >= 11 is 0. The molecular formula is C24H23F3N6O2. The van der Waals surface area contributed by atoms with Crippen molar-refractivity contribution in [2.24, 2.45) is 5.92 Å². The number of nitrogens with one attached hydrogen (secondary N) is 3. The van der Waals surface area contributed by atoms with Crippen molar-refractivity contribution in [3.8, 4) is 0 Å². The fraction of sp³-hybridized carbons (Fsp3) is 0.333. The van der Waals surface area contributed by atoms with Gasteiger partial charge in [-0.05, 0) is 62.1 Å². The Hall–Kier alpha value is -3.89. The summed E-state index contributed by atoms with van der Waals surface area (Å²) in [5.74, 6) is -0.432. The third kappa shape index (κ3) is 4.84. The quantitative estimate of drug-likeness (QED) is 0.392. The van der Waals surface area contributed by atoms with Crippen LogP contribution in [0.3, 0.4) is 0 Å². The van der Waals surface area contributed by atoms with Crippen molar-refractivity contribution in [1.82, 2.24) is 24.8 Å². The number of hydrogen-bond donors (Lipinski definition) is 3. The van der Waals surface area contributed by atoms with Gasteiger partial charge >= 0.3 is 6.18 Å². The third-order valence-electron chi connectivity index (χ3n) is 6.26. The zero-order valence-electron chi connectivity index (χ0n) is 18.9. The molecule has 182 valence electrons. The molecule has 0 aliphatic carbocycles. The number of rotatable bonds is 4. The number of amides is 2. The highest BCUT2D eigenvalue weighted by Crippen LogP contribution is 2.29. The van der Waals surface area contributed by atoms with E-state index < -0.39 is 12.0 Å². The molecule has 1 aliphatic heterocycles. The van der Waals surface area contributed by atoms with Crippen molar-refractivity contribution in [3.63, 3.8) is 0 Å². The van der Waals surface area contributed by atoms with E-state index in [-0.39, 0.29) is 35.2 Å². The number of hydrogen-bond acceptors (Lipinski definition) is 4. The van der Waals surface area contributed by atoms with Crippen LogP contribution in [-0.4, -0.2) is 49.7 Å². The van der Waals surface area contributed by atoms with Gasteiger partial charge in [0.05, 0.1) is 22.1 Å². The maximum Gasteiger partial charge on any atom is 0.449 e. The van der Waals surface area contributed by atoms with Gasteiger partial charge in [-0.2, -0.15) is 13.2 Å². The molecule has 0 atom stereocenters. The number of fused-ring (bicyclic) bond motifs is 2. The molecule has 4 aromatic rings. The van der Waals surface area contributed by atoms with Gasteiger partial charge in [-0.15, -0.1) is 0 Å². The Morgan fingerprint density at radius 2 is 1.71 bits per heavy atom. The summed E-state index contributed by atoms with van der Waals surface area (Å²) < 4.78 is 38.5. The topological polar surface area (TPSA) is 107 Å². The predicted octanol–water partition coefficient (Wildman–Crippen LogP) is 4.65. The second kappa shape index (κ2) is 8.71. The second-order valence-electron chi connectivity index (χ2n) is 8.86. The summed E-state index contributed by atoms with van der Waals surface area (Å²) in [5, 5.41) is 2.75. The number of halogens is 3. The molecule has 8 nitrogen and oxygen atoms in total. The molecule has 11 heteroatoms. The molecule has 5 rings (SSSR count). The number of carbonyl (C=O) groups excluding carboxylic acids is 2. The van der Waals surface area contributed by atoms with E-state index in [1.807, 2.05) is 19.1 Å². The standard InChI is InChI=1S/C24H23F3N6O2/c1-13-28-17-4-2-15(11-19(17)29-13)22(35)33-8-6-14(7-9-33)10-21(34)30-16-3-5-18-20(12-16)32-23(31-18)24(25,26)27/h2-5,11-12,14H,6-10H2,1H3,(H,28,29)(H,30,34)(H,31,32). The van der Waals surface area contributed by atoms with Crippen LogP contribution in [0.4, 0.5) is 18.9 Å². The molecule has 2 amide bonds. The van der Waals surface area contributed by atoms with Crippen molar-refractivity contribution >= 4 is 39.6 Å². The predicted molar refractivity (Wildman–Crippen MR) is 124 cm³/mol. The number of carbonyl (C=O) groups is 2. The van der Waals surface area contributed by atoms with E-state index >= 15 is 0 Å². The van der Waals surface area contributed by atoms with Gasteiger partial charge in [-0.3, -0.25) is 9.59 Å². The molecule has 0 spiro atoms. The van der Waals surface area contributed by atoms with Gasteiger partial charge in [-0.25, -0.2) is 9.97 Å². The Morgan fingerprint density at radius 3 is 2.46 bits per heavy atom. The summed E-state index contributed by atoms with van der Waals surface area (Å²) in [7, 11) is 0. The summed E-state index contributed by atoms with van der Waals surface area (Å²) in [5.41, 5.74) is 3.01. The lowest BCUT2D eigenvalue weighted by molar-refractivity contribution is -0.144. The van der Waals surface area contributed by atoms with Gasteiger partial charge in [0.25, 0.3) is 5.91 Å². The molecule has 2 aromatic heterocycles. The number of imidazole rings is 2. The highest BCUT2D eigenvalue weighted by Gasteiger charge is 2.34. The molecule has 1 fully saturated rings. The van der Waals surface area contributed by atoms with Crippen LogP contribution in [0, 0.1) is 12.8 Å². The van der Waals surface area contributed by atoms with Gasteiger partial charge in [-0.1, -0.05) is 0 Å². The number of alkyl halides is 3. The van der Waals surface area contributed by atoms with Crippen LogP contribution in [0.15, 0.2) is 36.4 Å². The Morgan fingerprint density at radius 1 is 1.03 bits per heavy atom. The van der Waals surface area contributed by atoms with Gasteiger partial charge < -0.3 is 20.2 Å². The lowest BCUT2D eigenvalue weighted by atomic mass is 9.92. The van der Waals surface area contributed by atoms with Crippen molar-refractivity contribution in [2.75, 3.05) is 18.4 Å². The number of benzene rings is 2. The first-order valence-corrected chi connectivity index (χ1v) is 11.3. The van der Waals surface area contributed by atoms with E-state index in [0.29, 0.717) is 37.2 Å². The van der Waals surface area contributed by atoms with Crippen molar-refractivity contribution < 1.29 is 22.8 Å². The Labute approximate surface area is 197 Å². The Balaban J connectivity index is 1.15. The second-order valence-corrected chi connectivity index (χ2v) is 8.86. The first-order chi connectivity index (χ1) is 16.7. The number of H-pyrrole nitrogens is 2. The fourth-order valence-electron chi connectivity index (χ4n) is 4.49. The molecule has 2 aromatic carbocycles. The summed E-state index contributed by atoms with van der Waals surface area (Å²) in [4.78, 5) is 40.5. The summed E-state index contributed by atoms with van der Waals surface area (Å²) in [6.07, 6.45) is -2.90. The number of aryl methyl sites for hydroxylation is 1. The number of aromatic amines is 2. The normalized spacial score (nSPS) is 15.1. The molecule has 3 N–H and O–H groups in total. The van der Waals surface area contributed by atoms with E-state index in [9.17, 15) is 22.8 Å². The average molecular weight is 484 g/mol. The molecule has 0 radical (unpaired) electrons. The van der Waals surface area contributed by atoms with Gasteiger partial charge in [0.1, 0.15) is 5.82 Å². The highest BCUT2D eigenvalue weighted by atomic mass is 19.4. The van der Waals surface area contributed by atoms with Crippen LogP contribution in [0.1, 0.15) is 41.3 Å². The van der Waals surface area contributed by atoms with E-state index in [1.54, 1.807) is 11.0 Å². The molecule has 35 heavy (non-hydrogen) atoms. The molecule has 0 saturated carbocycles. The van der Waals surface area contributed by atoms with Gasteiger partial charge in [0, 0.05) is 30.8 Å². The van der Waals surface area contributed by atoms with Crippen molar-refractivity contribution in [3.05, 3.63) is 53.6 Å². The number of piperidine rings is 1. The fourth-order valence-corrected chi connectivity index (χ4v) is 4.49. The van der Waals surface area contributed by atoms with E-state index in [1.165, 1.54) is 18.2 Å². The summed E-state index contributed by atoms with van der Waals surface area (Å²) in [6, 6.07) is 9.82. The van der Waals surface area contributed by atoms with Crippen LogP contribution in [0.5, 0.6) is 0 Å². The van der Waals surface area contributed by atoms with Crippen LogP contribution in [0.25, 0.3) is 22.1 Å². The third-order valence-corrected chi connectivity index (χ3v) is 6.26. The number of aromatic nitrogens is 4.